The zero-order valence-electron chi connectivity index (χ0n) is 9.78. The highest BCUT2D eigenvalue weighted by Gasteiger charge is 2.08. The van der Waals surface area contributed by atoms with E-state index in [4.69, 9.17) is 11.6 Å². The van der Waals surface area contributed by atoms with Crippen molar-refractivity contribution in [2.75, 3.05) is 0 Å². The van der Waals surface area contributed by atoms with Crippen molar-refractivity contribution >= 4 is 22.4 Å². The molecule has 0 atom stereocenters. The van der Waals surface area contributed by atoms with Crippen molar-refractivity contribution in [2.24, 2.45) is 0 Å². The van der Waals surface area contributed by atoms with Crippen LogP contribution in [0.25, 0.3) is 22.0 Å². The van der Waals surface area contributed by atoms with E-state index in [0.717, 1.165) is 5.39 Å². The number of nitrogens with one attached hydrogen (secondary N) is 1. The van der Waals surface area contributed by atoms with Crippen LogP contribution in [0.5, 0.6) is 0 Å². The molecule has 0 bridgehead atoms. The Hall–Kier alpha value is -2.13. The first-order valence-electron chi connectivity index (χ1n) is 5.72. The molecule has 1 aromatic heterocycles. The van der Waals surface area contributed by atoms with E-state index >= 15 is 0 Å². The predicted octanol–water partition coefficient (Wildman–Crippen LogP) is 3.99. The predicted molar refractivity (Wildman–Crippen MR) is 75.0 cm³/mol. The van der Waals surface area contributed by atoms with Crippen LogP contribution in [0.1, 0.15) is 0 Å². The van der Waals surface area contributed by atoms with Gasteiger partial charge in [-0.1, -0.05) is 29.8 Å². The average Bonchev–Trinajstić information content (AvgIpc) is 2.38. The number of aromatic nitrogens is 1. The second-order valence-corrected chi connectivity index (χ2v) is 4.63. The van der Waals surface area contributed by atoms with Gasteiger partial charge in [-0.2, -0.15) is 0 Å². The Kier molecular flexibility index (Phi) is 2.84. The molecule has 19 heavy (non-hydrogen) atoms. The molecule has 1 N–H and O–H groups in total. The number of hydrogen-bond acceptors (Lipinski definition) is 1. The molecule has 94 valence electrons. The minimum atomic E-state index is -0.406. The lowest BCUT2D eigenvalue weighted by Gasteiger charge is -2.06. The number of rotatable bonds is 1. The molecule has 1 heterocycles. The lowest BCUT2D eigenvalue weighted by Crippen LogP contribution is -2.07. The number of pyridine rings is 1. The third-order valence-corrected chi connectivity index (χ3v) is 3.29. The van der Waals surface area contributed by atoms with Crippen LogP contribution < -0.4 is 5.56 Å². The molecule has 2 aromatic carbocycles. The third kappa shape index (κ3) is 2.13. The van der Waals surface area contributed by atoms with Gasteiger partial charge in [0.15, 0.2) is 0 Å². The zero-order valence-corrected chi connectivity index (χ0v) is 10.5. The highest BCUT2D eigenvalue weighted by Crippen LogP contribution is 2.27. The number of benzene rings is 2. The lowest BCUT2D eigenvalue weighted by atomic mass is 10.1. The molecule has 2 nitrogen and oxygen atoms in total. The monoisotopic (exact) mass is 273 g/mol. The smallest absolute Gasteiger partial charge is 0.256 e. The van der Waals surface area contributed by atoms with E-state index in [1.165, 1.54) is 12.1 Å². The Morgan fingerprint density at radius 2 is 1.84 bits per heavy atom. The van der Waals surface area contributed by atoms with Crippen molar-refractivity contribution in [3.8, 4) is 11.3 Å². The molecule has 3 rings (SSSR count). The molecule has 0 saturated heterocycles. The van der Waals surface area contributed by atoms with E-state index in [0.29, 0.717) is 16.6 Å². The van der Waals surface area contributed by atoms with Gasteiger partial charge in [0, 0.05) is 10.9 Å². The van der Waals surface area contributed by atoms with E-state index in [-0.39, 0.29) is 10.6 Å². The highest BCUT2D eigenvalue weighted by molar-refractivity contribution is 6.33. The molecule has 3 aromatic rings. The van der Waals surface area contributed by atoms with Gasteiger partial charge in [0.05, 0.1) is 10.7 Å². The van der Waals surface area contributed by atoms with Crippen molar-refractivity contribution in [1.29, 1.82) is 0 Å². The van der Waals surface area contributed by atoms with E-state index in [2.05, 4.69) is 4.98 Å². The second-order valence-electron chi connectivity index (χ2n) is 4.22. The first-order chi connectivity index (χ1) is 9.15. The molecule has 0 fully saturated rings. The largest absolute Gasteiger partial charge is 0.321 e. The van der Waals surface area contributed by atoms with Crippen LogP contribution in [0.2, 0.25) is 5.02 Å². The Morgan fingerprint density at radius 3 is 2.63 bits per heavy atom. The summed E-state index contributed by atoms with van der Waals surface area (Å²) in [6.07, 6.45) is 0. The van der Waals surface area contributed by atoms with Gasteiger partial charge in [0.1, 0.15) is 5.82 Å². The maximum Gasteiger partial charge on any atom is 0.256 e. The maximum absolute atomic E-state index is 13.0. The summed E-state index contributed by atoms with van der Waals surface area (Å²) in [6, 6.07) is 13.2. The molecule has 0 unspecified atom stereocenters. The fourth-order valence-corrected chi connectivity index (χ4v) is 2.33. The molecule has 0 saturated carbocycles. The van der Waals surface area contributed by atoms with Gasteiger partial charge in [-0.25, -0.2) is 4.39 Å². The van der Waals surface area contributed by atoms with Crippen molar-refractivity contribution in [3.63, 3.8) is 0 Å². The topological polar surface area (TPSA) is 32.9 Å². The normalized spacial score (nSPS) is 10.8. The Labute approximate surface area is 113 Å². The number of halogens is 2. The first-order valence-corrected chi connectivity index (χ1v) is 6.10. The van der Waals surface area contributed by atoms with Gasteiger partial charge in [-0.05, 0) is 35.7 Å². The first kappa shape index (κ1) is 11.9. The van der Waals surface area contributed by atoms with Gasteiger partial charge in [-0.3, -0.25) is 4.79 Å². The Bertz CT molecular complexity index is 826. The van der Waals surface area contributed by atoms with E-state index in [9.17, 15) is 9.18 Å². The quantitative estimate of drug-likeness (QED) is 0.714. The average molecular weight is 274 g/mol. The van der Waals surface area contributed by atoms with Crippen LogP contribution in [0.3, 0.4) is 0 Å². The second kappa shape index (κ2) is 4.52. The summed E-state index contributed by atoms with van der Waals surface area (Å²) >= 11 is 6.01. The summed E-state index contributed by atoms with van der Waals surface area (Å²) in [4.78, 5) is 14.7. The summed E-state index contributed by atoms with van der Waals surface area (Å²) in [5.74, 6) is -0.406. The number of fused-ring (bicyclic) bond motifs is 1. The fraction of sp³-hybridized carbons (Fsp3) is 0. The van der Waals surface area contributed by atoms with Crippen molar-refractivity contribution in [2.45, 2.75) is 0 Å². The van der Waals surface area contributed by atoms with Crippen LogP contribution in [0.15, 0.2) is 53.3 Å². The summed E-state index contributed by atoms with van der Waals surface area (Å²) in [6.45, 7) is 0. The van der Waals surface area contributed by atoms with Gasteiger partial charge in [0.2, 0.25) is 0 Å². The molecule has 0 amide bonds. The van der Waals surface area contributed by atoms with Gasteiger partial charge >= 0.3 is 0 Å². The summed E-state index contributed by atoms with van der Waals surface area (Å²) < 4.78 is 13.0. The van der Waals surface area contributed by atoms with Crippen LogP contribution in [0.4, 0.5) is 4.39 Å². The molecule has 0 aliphatic heterocycles. The van der Waals surface area contributed by atoms with Crippen molar-refractivity contribution < 1.29 is 4.39 Å². The Balaban J connectivity index is 2.28. The molecule has 0 radical (unpaired) electrons. The highest BCUT2D eigenvalue weighted by atomic mass is 35.5. The standard InChI is InChI=1S/C15H9ClFNO/c16-13-8-10(17)5-6-12(13)14-7-9-3-1-2-4-11(9)15(19)18-14/h1-8H,(H,18,19). The summed E-state index contributed by atoms with van der Waals surface area (Å²) in [5.41, 5.74) is 0.994. The molecule has 0 aliphatic carbocycles. The lowest BCUT2D eigenvalue weighted by molar-refractivity contribution is 0.628. The van der Waals surface area contributed by atoms with Crippen LogP contribution in [0, 0.1) is 5.82 Å². The van der Waals surface area contributed by atoms with E-state index in [1.807, 2.05) is 24.3 Å². The van der Waals surface area contributed by atoms with E-state index in [1.54, 1.807) is 12.1 Å². The molecule has 0 spiro atoms. The van der Waals surface area contributed by atoms with Gasteiger partial charge < -0.3 is 4.98 Å². The number of aromatic amines is 1. The van der Waals surface area contributed by atoms with Crippen molar-refractivity contribution in [1.82, 2.24) is 4.98 Å². The molecular formula is C15H9ClFNO. The minimum absolute atomic E-state index is 0.187. The van der Waals surface area contributed by atoms with Crippen LogP contribution in [-0.4, -0.2) is 4.98 Å². The number of hydrogen-bond donors (Lipinski definition) is 1. The van der Waals surface area contributed by atoms with E-state index < -0.39 is 5.82 Å². The Morgan fingerprint density at radius 1 is 1.05 bits per heavy atom. The zero-order chi connectivity index (χ0) is 13.4. The fourth-order valence-electron chi connectivity index (χ4n) is 2.06. The molecule has 0 aliphatic rings. The van der Waals surface area contributed by atoms with Gasteiger partial charge in [0.25, 0.3) is 5.56 Å². The summed E-state index contributed by atoms with van der Waals surface area (Å²) in [5, 5.41) is 1.71. The maximum atomic E-state index is 13.0. The molecule has 4 heteroatoms. The van der Waals surface area contributed by atoms with Crippen LogP contribution >= 0.6 is 11.6 Å². The minimum Gasteiger partial charge on any atom is -0.321 e. The van der Waals surface area contributed by atoms with Gasteiger partial charge in [-0.15, -0.1) is 0 Å². The summed E-state index contributed by atoms with van der Waals surface area (Å²) in [7, 11) is 0. The van der Waals surface area contributed by atoms with Crippen LogP contribution in [-0.2, 0) is 0 Å². The number of H-pyrrole nitrogens is 1. The molecular weight excluding hydrogens is 265 g/mol. The SMILES string of the molecule is O=c1[nH]c(-c2ccc(F)cc2Cl)cc2ccccc12. The third-order valence-electron chi connectivity index (χ3n) is 2.97. The van der Waals surface area contributed by atoms with Crippen molar-refractivity contribution in [3.05, 3.63) is 69.7 Å².